The van der Waals surface area contributed by atoms with Gasteiger partial charge >= 0.3 is 0 Å². The maximum atomic E-state index is 11.9. The van der Waals surface area contributed by atoms with Gasteiger partial charge in [-0.05, 0) is 31.2 Å². The van der Waals surface area contributed by atoms with Gasteiger partial charge in [0.15, 0.2) is 6.61 Å². The van der Waals surface area contributed by atoms with Crippen LogP contribution in [0.15, 0.2) is 29.2 Å². The molecule has 0 heterocycles. The number of sulfonamides is 1. The summed E-state index contributed by atoms with van der Waals surface area (Å²) in [4.78, 5) is 11.4. The highest BCUT2D eigenvalue weighted by Gasteiger charge is 2.13. The molecule has 8 heteroatoms. The normalized spacial score (nSPS) is 11.1. The molecular weight excluding hydrogens is 296 g/mol. The first-order valence-corrected chi connectivity index (χ1v) is 7.96. The highest BCUT2D eigenvalue weighted by atomic mass is 32.2. The lowest BCUT2D eigenvalue weighted by Gasteiger charge is -2.08. The van der Waals surface area contributed by atoms with Crippen molar-refractivity contribution < 1.29 is 22.7 Å². The number of methoxy groups -OCH3 is 1. The number of nitrogens with one attached hydrogen (secondary N) is 2. The van der Waals surface area contributed by atoms with Crippen molar-refractivity contribution in [2.75, 3.05) is 33.4 Å². The fourth-order valence-electron chi connectivity index (χ4n) is 1.47. The largest absolute Gasteiger partial charge is 0.484 e. The molecule has 0 atom stereocenters. The first-order chi connectivity index (χ1) is 9.99. The molecule has 21 heavy (non-hydrogen) atoms. The molecule has 1 aromatic carbocycles. The molecule has 0 spiro atoms. The minimum atomic E-state index is -3.55. The zero-order valence-electron chi connectivity index (χ0n) is 12.1. The molecule has 0 aliphatic heterocycles. The highest BCUT2D eigenvalue weighted by molar-refractivity contribution is 7.89. The van der Waals surface area contributed by atoms with Crippen LogP contribution in [0.1, 0.15) is 6.92 Å². The van der Waals surface area contributed by atoms with E-state index in [0.717, 1.165) is 0 Å². The molecule has 0 bridgehead atoms. The van der Waals surface area contributed by atoms with Crippen molar-refractivity contribution in [2.24, 2.45) is 0 Å². The third-order valence-electron chi connectivity index (χ3n) is 2.48. The Labute approximate surface area is 124 Å². The Hall–Kier alpha value is -1.64. The summed E-state index contributed by atoms with van der Waals surface area (Å²) in [6.45, 7) is 2.74. The van der Waals surface area contributed by atoms with E-state index in [1.807, 2.05) is 6.92 Å². The molecule has 1 rings (SSSR count). The van der Waals surface area contributed by atoms with Crippen LogP contribution in [0.4, 0.5) is 0 Å². The Morgan fingerprint density at radius 2 is 1.90 bits per heavy atom. The molecule has 0 aliphatic carbocycles. The van der Waals surface area contributed by atoms with Gasteiger partial charge in [0.05, 0.1) is 11.5 Å². The van der Waals surface area contributed by atoms with Crippen LogP contribution in [0.5, 0.6) is 5.75 Å². The molecule has 2 N–H and O–H groups in total. The molecule has 0 aliphatic rings. The standard InChI is InChI=1S/C13H20N2O5S/c1-3-14-13(16)10-20-11-4-6-12(7-5-11)21(17,18)15-8-9-19-2/h4-7,15H,3,8-10H2,1-2H3,(H,14,16). The zero-order chi connectivity index (χ0) is 15.7. The lowest BCUT2D eigenvalue weighted by atomic mass is 10.3. The van der Waals surface area contributed by atoms with Gasteiger partial charge in [0.1, 0.15) is 5.75 Å². The smallest absolute Gasteiger partial charge is 0.257 e. The number of benzene rings is 1. The van der Waals surface area contributed by atoms with E-state index < -0.39 is 10.0 Å². The lowest BCUT2D eigenvalue weighted by Crippen LogP contribution is -2.28. The Kier molecular flexibility index (Phi) is 7.13. The second-order valence-corrected chi connectivity index (χ2v) is 5.87. The van der Waals surface area contributed by atoms with Gasteiger partial charge in [-0.1, -0.05) is 0 Å². The van der Waals surface area contributed by atoms with E-state index in [0.29, 0.717) is 18.9 Å². The summed E-state index contributed by atoms with van der Waals surface area (Å²) in [5, 5.41) is 2.60. The summed E-state index contributed by atoms with van der Waals surface area (Å²) in [5.74, 6) is 0.201. The lowest BCUT2D eigenvalue weighted by molar-refractivity contribution is -0.122. The second-order valence-electron chi connectivity index (χ2n) is 4.10. The Bertz CT molecular complexity index is 542. The molecule has 1 aromatic rings. The average molecular weight is 316 g/mol. The molecule has 0 saturated heterocycles. The summed E-state index contributed by atoms with van der Waals surface area (Å²) in [7, 11) is -2.06. The van der Waals surface area contributed by atoms with Crippen LogP contribution in [0.3, 0.4) is 0 Å². The number of hydrogen-bond donors (Lipinski definition) is 2. The molecule has 0 fully saturated rings. The van der Waals surface area contributed by atoms with E-state index in [2.05, 4.69) is 10.0 Å². The molecule has 7 nitrogen and oxygen atoms in total. The van der Waals surface area contributed by atoms with Crippen LogP contribution in [-0.4, -0.2) is 47.7 Å². The fourth-order valence-corrected chi connectivity index (χ4v) is 2.49. The highest BCUT2D eigenvalue weighted by Crippen LogP contribution is 2.15. The fraction of sp³-hybridized carbons (Fsp3) is 0.462. The van der Waals surface area contributed by atoms with E-state index in [-0.39, 0.29) is 24.0 Å². The van der Waals surface area contributed by atoms with E-state index in [1.165, 1.54) is 31.4 Å². The minimum Gasteiger partial charge on any atom is -0.484 e. The average Bonchev–Trinajstić information content (AvgIpc) is 2.46. The van der Waals surface area contributed by atoms with Crippen LogP contribution in [0.25, 0.3) is 0 Å². The maximum absolute atomic E-state index is 11.9. The molecule has 1 amide bonds. The SMILES string of the molecule is CCNC(=O)COc1ccc(S(=O)(=O)NCCOC)cc1. The number of carbonyl (C=O) groups excluding carboxylic acids is 1. The van der Waals surface area contributed by atoms with Crippen molar-refractivity contribution in [1.29, 1.82) is 0 Å². The van der Waals surface area contributed by atoms with E-state index in [9.17, 15) is 13.2 Å². The van der Waals surface area contributed by atoms with Gasteiger partial charge in [0, 0.05) is 20.2 Å². The predicted molar refractivity (Wildman–Crippen MR) is 77.7 cm³/mol. The quantitative estimate of drug-likeness (QED) is 0.632. The molecule has 0 aromatic heterocycles. The molecule has 118 valence electrons. The first-order valence-electron chi connectivity index (χ1n) is 6.47. The first kappa shape index (κ1) is 17.4. The topological polar surface area (TPSA) is 93.7 Å². The molecule has 0 unspecified atom stereocenters. The van der Waals surface area contributed by atoms with Crippen molar-refractivity contribution >= 4 is 15.9 Å². The van der Waals surface area contributed by atoms with Gasteiger partial charge in [-0.25, -0.2) is 13.1 Å². The van der Waals surface area contributed by atoms with Crippen LogP contribution in [-0.2, 0) is 19.6 Å². The number of rotatable bonds is 9. The third-order valence-corrected chi connectivity index (χ3v) is 3.95. The van der Waals surface area contributed by atoms with Crippen molar-refractivity contribution in [1.82, 2.24) is 10.0 Å². The van der Waals surface area contributed by atoms with Crippen molar-refractivity contribution in [3.05, 3.63) is 24.3 Å². The van der Waals surface area contributed by atoms with Gasteiger partial charge in [-0.2, -0.15) is 0 Å². The van der Waals surface area contributed by atoms with Crippen molar-refractivity contribution in [3.8, 4) is 5.75 Å². The summed E-state index contributed by atoms with van der Waals surface area (Å²) in [5.41, 5.74) is 0. The predicted octanol–water partition coefficient (Wildman–Crippen LogP) is 0.126. The van der Waals surface area contributed by atoms with Gasteiger partial charge in [0.2, 0.25) is 10.0 Å². The Morgan fingerprint density at radius 1 is 1.24 bits per heavy atom. The second kappa shape index (κ2) is 8.60. The number of carbonyl (C=O) groups is 1. The maximum Gasteiger partial charge on any atom is 0.257 e. The van der Waals surface area contributed by atoms with Crippen LogP contribution >= 0.6 is 0 Å². The minimum absolute atomic E-state index is 0.105. The van der Waals surface area contributed by atoms with Crippen LogP contribution < -0.4 is 14.8 Å². The summed E-state index contributed by atoms with van der Waals surface area (Å²) in [6.07, 6.45) is 0. The monoisotopic (exact) mass is 316 g/mol. The van der Waals surface area contributed by atoms with Gasteiger partial charge in [-0.15, -0.1) is 0 Å². The third kappa shape index (κ3) is 6.11. The zero-order valence-corrected chi connectivity index (χ0v) is 12.9. The van der Waals surface area contributed by atoms with E-state index in [4.69, 9.17) is 9.47 Å². The molecule has 0 radical (unpaired) electrons. The van der Waals surface area contributed by atoms with Crippen molar-refractivity contribution in [3.63, 3.8) is 0 Å². The number of hydrogen-bond acceptors (Lipinski definition) is 5. The van der Waals surface area contributed by atoms with Crippen LogP contribution in [0.2, 0.25) is 0 Å². The van der Waals surface area contributed by atoms with E-state index >= 15 is 0 Å². The van der Waals surface area contributed by atoms with Gasteiger partial charge < -0.3 is 14.8 Å². The summed E-state index contributed by atoms with van der Waals surface area (Å²) >= 11 is 0. The van der Waals surface area contributed by atoms with Gasteiger partial charge in [-0.3, -0.25) is 4.79 Å². The summed E-state index contributed by atoms with van der Waals surface area (Å²) in [6, 6.07) is 5.85. The van der Waals surface area contributed by atoms with Gasteiger partial charge in [0.25, 0.3) is 5.91 Å². The van der Waals surface area contributed by atoms with E-state index in [1.54, 1.807) is 0 Å². The number of ether oxygens (including phenoxy) is 2. The number of likely N-dealkylation sites (N-methyl/N-ethyl adjacent to an activating group) is 1. The van der Waals surface area contributed by atoms with Crippen molar-refractivity contribution in [2.45, 2.75) is 11.8 Å². The Morgan fingerprint density at radius 3 is 2.48 bits per heavy atom. The summed E-state index contributed by atoms with van der Waals surface area (Å²) < 4.78 is 36.2. The Balaban J connectivity index is 2.59. The molecule has 0 saturated carbocycles. The molecular formula is C13H20N2O5S. The number of amides is 1. The van der Waals surface area contributed by atoms with Crippen LogP contribution in [0, 0.1) is 0 Å².